The largest absolute Gasteiger partial charge is 0.321 e. The second-order valence-corrected chi connectivity index (χ2v) is 8.48. The van der Waals surface area contributed by atoms with E-state index in [1.165, 1.54) is 16.2 Å². The summed E-state index contributed by atoms with van der Waals surface area (Å²) < 4.78 is 0.946. The summed E-state index contributed by atoms with van der Waals surface area (Å²) in [7, 11) is 1.69. The first-order valence-electron chi connectivity index (χ1n) is 9.06. The maximum Gasteiger partial charge on any atom is 0.267 e. The van der Waals surface area contributed by atoms with Crippen molar-refractivity contribution in [1.29, 1.82) is 0 Å². The third kappa shape index (κ3) is 4.05. The summed E-state index contributed by atoms with van der Waals surface area (Å²) in [6, 6.07) is 21.4. The normalized spacial score (nSPS) is 10.8. The van der Waals surface area contributed by atoms with Crippen molar-refractivity contribution in [2.24, 2.45) is 0 Å². The van der Waals surface area contributed by atoms with Gasteiger partial charge in [-0.2, -0.15) is 0 Å². The number of amides is 2. The molecule has 1 N–H and O–H groups in total. The van der Waals surface area contributed by atoms with Crippen LogP contribution in [0.25, 0.3) is 10.1 Å². The van der Waals surface area contributed by atoms with Crippen molar-refractivity contribution in [1.82, 2.24) is 0 Å². The van der Waals surface area contributed by atoms with Crippen LogP contribution in [0.1, 0.15) is 20.0 Å². The van der Waals surface area contributed by atoms with E-state index >= 15 is 0 Å². The van der Waals surface area contributed by atoms with Gasteiger partial charge in [-0.25, -0.2) is 0 Å². The average molecular weight is 455 g/mol. The van der Waals surface area contributed by atoms with Crippen LogP contribution in [-0.2, 0) is 0 Å². The van der Waals surface area contributed by atoms with Crippen LogP contribution >= 0.6 is 34.5 Å². The van der Waals surface area contributed by atoms with Crippen LogP contribution in [-0.4, -0.2) is 18.9 Å². The van der Waals surface area contributed by atoms with Gasteiger partial charge in [0.05, 0.1) is 5.02 Å². The lowest BCUT2D eigenvalue weighted by Crippen LogP contribution is -2.26. The Hall–Kier alpha value is -2.86. The molecule has 0 saturated carbocycles. The zero-order valence-electron chi connectivity index (χ0n) is 15.9. The van der Waals surface area contributed by atoms with Crippen LogP contribution in [0, 0.1) is 0 Å². The van der Waals surface area contributed by atoms with Crippen molar-refractivity contribution in [2.45, 2.75) is 0 Å². The number of hydrogen-bond acceptors (Lipinski definition) is 3. The second-order valence-electron chi connectivity index (χ2n) is 6.62. The highest BCUT2D eigenvalue weighted by Gasteiger charge is 2.18. The molecule has 2 amide bonds. The fraction of sp³-hybridized carbons (Fsp3) is 0.0435. The molecule has 0 saturated heterocycles. The number of fused-ring (bicyclic) bond motifs is 1. The van der Waals surface area contributed by atoms with Gasteiger partial charge in [0.2, 0.25) is 0 Å². The fourth-order valence-electron chi connectivity index (χ4n) is 3.05. The lowest BCUT2D eigenvalue weighted by Gasteiger charge is -2.18. The van der Waals surface area contributed by atoms with Crippen molar-refractivity contribution in [2.75, 3.05) is 17.3 Å². The molecule has 0 fully saturated rings. The lowest BCUT2D eigenvalue weighted by molar-refractivity contribution is 0.0990. The van der Waals surface area contributed by atoms with E-state index in [-0.39, 0.29) is 11.8 Å². The lowest BCUT2D eigenvalue weighted by atomic mass is 10.1. The zero-order chi connectivity index (χ0) is 21.3. The molecular weight excluding hydrogens is 439 g/mol. The Balaban J connectivity index is 1.55. The van der Waals surface area contributed by atoms with E-state index in [1.54, 1.807) is 55.6 Å². The number of rotatable bonds is 4. The summed E-state index contributed by atoms with van der Waals surface area (Å²) in [6.45, 7) is 0. The van der Waals surface area contributed by atoms with Gasteiger partial charge in [-0.3, -0.25) is 9.59 Å². The molecule has 4 nitrogen and oxygen atoms in total. The maximum atomic E-state index is 12.9. The molecule has 7 heteroatoms. The second kappa shape index (κ2) is 8.48. The van der Waals surface area contributed by atoms with Gasteiger partial charge < -0.3 is 10.2 Å². The molecule has 4 aromatic rings. The van der Waals surface area contributed by atoms with Gasteiger partial charge in [-0.05, 0) is 48.5 Å². The number of nitrogens with zero attached hydrogens (tertiary/aromatic N) is 1. The Morgan fingerprint density at radius 3 is 2.40 bits per heavy atom. The van der Waals surface area contributed by atoms with E-state index in [1.807, 2.05) is 24.3 Å². The number of nitrogens with one attached hydrogen (secondary N) is 1. The summed E-state index contributed by atoms with van der Waals surface area (Å²) in [5.41, 5.74) is 1.69. The minimum Gasteiger partial charge on any atom is -0.321 e. The molecule has 3 aromatic carbocycles. The molecule has 0 atom stereocenters. The number of thiophene rings is 1. The van der Waals surface area contributed by atoms with Crippen LogP contribution in [0.4, 0.5) is 11.4 Å². The molecule has 0 aliphatic heterocycles. The molecule has 1 aromatic heterocycles. The van der Waals surface area contributed by atoms with E-state index in [0.29, 0.717) is 26.2 Å². The minimum absolute atomic E-state index is 0.201. The topological polar surface area (TPSA) is 49.4 Å². The van der Waals surface area contributed by atoms with Gasteiger partial charge in [0.25, 0.3) is 11.8 Å². The van der Waals surface area contributed by atoms with Crippen molar-refractivity contribution in [3.8, 4) is 0 Å². The number of anilines is 2. The molecule has 0 aliphatic rings. The maximum absolute atomic E-state index is 12.9. The van der Waals surface area contributed by atoms with Crippen LogP contribution in [0.15, 0.2) is 72.8 Å². The first-order valence-corrected chi connectivity index (χ1v) is 10.6. The van der Waals surface area contributed by atoms with Gasteiger partial charge in [-0.15, -0.1) is 11.3 Å². The minimum atomic E-state index is -0.308. The number of hydrogen-bond donors (Lipinski definition) is 1. The van der Waals surface area contributed by atoms with Crippen LogP contribution in [0.3, 0.4) is 0 Å². The summed E-state index contributed by atoms with van der Waals surface area (Å²) in [5, 5.41) is 4.72. The van der Waals surface area contributed by atoms with Gasteiger partial charge in [0.1, 0.15) is 4.88 Å². The smallest absolute Gasteiger partial charge is 0.267 e. The Bertz CT molecular complexity index is 1250. The first kappa shape index (κ1) is 20.4. The van der Waals surface area contributed by atoms with Gasteiger partial charge in [-0.1, -0.05) is 47.5 Å². The van der Waals surface area contributed by atoms with Crippen LogP contribution in [0.5, 0.6) is 0 Å². The zero-order valence-corrected chi connectivity index (χ0v) is 18.2. The van der Waals surface area contributed by atoms with Crippen molar-refractivity contribution >= 4 is 67.8 Å². The third-order valence-corrected chi connectivity index (χ3v) is 6.55. The Morgan fingerprint density at radius 1 is 0.933 bits per heavy atom. The number of halogens is 2. The van der Waals surface area contributed by atoms with Crippen LogP contribution in [0.2, 0.25) is 10.0 Å². The molecule has 0 aliphatic carbocycles. The standard InChI is InChI=1S/C23H16Cl2N2O2S/c1-27(17-11-9-15(24)10-12-17)23(29)14-5-4-6-16(13-14)26-22(28)21-20(25)18-7-2-3-8-19(18)30-21/h2-13H,1H3,(H,26,28). The quantitative estimate of drug-likeness (QED) is 0.371. The van der Waals surface area contributed by atoms with E-state index in [0.717, 1.165) is 15.8 Å². The highest BCUT2D eigenvalue weighted by atomic mass is 35.5. The fourth-order valence-corrected chi connectivity index (χ4v) is 4.59. The first-order chi connectivity index (χ1) is 14.4. The Labute approximate surface area is 187 Å². The van der Waals surface area contributed by atoms with Crippen molar-refractivity contribution < 1.29 is 9.59 Å². The van der Waals surface area contributed by atoms with Crippen LogP contribution < -0.4 is 10.2 Å². The predicted octanol–water partition coefficient (Wildman–Crippen LogP) is 6.74. The average Bonchev–Trinajstić information content (AvgIpc) is 3.10. The monoisotopic (exact) mass is 454 g/mol. The Morgan fingerprint density at radius 2 is 1.67 bits per heavy atom. The number of benzene rings is 3. The molecular formula is C23H16Cl2N2O2S. The van der Waals surface area contributed by atoms with E-state index in [4.69, 9.17) is 23.2 Å². The number of carbonyl (C=O) groups excluding carboxylic acids is 2. The predicted molar refractivity (Wildman–Crippen MR) is 125 cm³/mol. The van der Waals surface area contributed by atoms with Crippen molar-refractivity contribution in [3.63, 3.8) is 0 Å². The highest BCUT2D eigenvalue weighted by molar-refractivity contribution is 7.21. The molecule has 150 valence electrons. The molecule has 30 heavy (non-hydrogen) atoms. The highest BCUT2D eigenvalue weighted by Crippen LogP contribution is 2.35. The third-order valence-electron chi connectivity index (χ3n) is 4.63. The number of carbonyl (C=O) groups is 2. The van der Waals surface area contributed by atoms with E-state index in [2.05, 4.69) is 5.32 Å². The molecule has 0 spiro atoms. The SMILES string of the molecule is CN(C(=O)c1cccc(NC(=O)c2sc3ccccc3c2Cl)c1)c1ccc(Cl)cc1. The summed E-state index contributed by atoms with van der Waals surface area (Å²) in [4.78, 5) is 27.6. The van der Waals surface area contributed by atoms with E-state index in [9.17, 15) is 9.59 Å². The molecule has 0 bridgehead atoms. The van der Waals surface area contributed by atoms with Crippen molar-refractivity contribution in [3.05, 3.63) is 93.3 Å². The van der Waals surface area contributed by atoms with E-state index < -0.39 is 0 Å². The van der Waals surface area contributed by atoms with Gasteiger partial charge in [0, 0.05) is 39.1 Å². The Kier molecular flexibility index (Phi) is 5.77. The summed E-state index contributed by atoms with van der Waals surface area (Å²) in [6.07, 6.45) is 0. The summed E-state index contributed by atoms with van der Waals surface area (Å²) >= 11 is 13.7. The van der Waals surface area contributed by atoms with Gasteiger partial charge >= 0.3 is 0 Å². The molecule has 4 rings (SSSR count). The summed E-state index contributed by atoms with van der Waals surface area (Å²) in [5.74, 6) is -0.509. The molecule has 0 unspecified atom stereocenters. The molecule has 1 heterocycles. The van der Waals surface area contributed by atoms with Gasteiger partial charge in [0.15, 0.2) is 0 Å². The molecule has 0 radical (unpaired) electrons.